The summed E-state index contributed by atoms with van der Waals surface area (Å²) in [5, 5.41) is 3.43. The van der Waals surface area contributed by atoms with Crippen molar-refractivity contribution < 1.29 is 9.59 Å². The lowest BCUT2D eigenvalue weighted by molar-refractivity contribution is -0.142. The van der Waals surface area contributed by atoms with Gasteiger partial charge in [-0.15, -0.1) is 0 Å². The summed E-state index contributed by atoms with van der Waals surface area (Å²) in [6, 6.07) is 0. The maximum absolute atomic E-state index is 11.8. The first kappa shape index (κ1) is 12.2. The molecular weight excluding hydrogens is 192 g/mol. The molecule has 0 aromatic rings. The summed E-state index contributed by atoms with van der Waals surface area (Å²) in [4.78, 5) is 22.3. The van der Waals surface area contributed by atoms with E-state index in [1.165, 1.54) is 5.01 Å². The fraction of sp³-hybridized carbons (Fsp3) is 0.818. The van der Waals surface area contributed by atoms with E-state index in [1.54, 1.807) is 0 Å². The fourth-order valence-electron chi connectivity index (χ4n) is 1.98. The minimum Gasteiger partial charge on any atom is -0.301 e. The smallest absolute Gasteiger partial charge is 0.239 e. The molecule has 4 nitrogen and oxygen atoms in total. The Bertz CT molecular complexity index is 283. The Morgan fingerprint density at radius 3 is 2.33 bits per heavy atom. The summed E-state index contributed by atoms with van der Waals surface area (Å²) in [5.41, 5.74) is -0.220. The highest BCUT2D eigenvalue weighted by molar-refractivity contribution is 5.81. The molecule has 1 rings (SSSR count). The maximum Gasteiger partial charge on any atom is 0.239 e. The molecule has 1 fully saturated rings. The van der Waals surface area contributed by atoms with Crippen molar-refractivity contribution in [2.45, 2.75) is 39.7 Å². The van der Waals surface area contributed by atoms with Gasteiger partial charge in [0, 0.05) is 13.5 Å². The molecule has 1 amide bonds. The summed E-state index contributed by atoms with van der Waals surface area (Å²) >= 11 is 0. The van der Waals surface area contributed by atoms with Crippen LogP contribution in [0.2, 0.25) is 0 Å². The van der Waals surface area contributed by atoms with Crippen molar-refractivity contribution in [3.05, 3.63) is 0 Å². The number of amides is 1. The molecular formula is C11H20N2O2. The molecule has 0 radical (unpaired) electrons. The quantitative estimate of drug-likeness (QED) is 0.643. The summed E-state index contributed by atoms with van der Waals surface area (Å²) in [6.45, 7) is 8.56. The van der Waals surface area contributed by atoms with Crippen molar-refractivity contribution >= 4 is 12.2 Å². The Labute approximate surface area is 91.2 Å². The Kier molecular flexibility index (Phi) is 2.92. The zero-order chi connectivity index (χ0) is 11.9. The lowest BCUT2D eigenvalue weighted by Crippen LogP contribution is -2.53. The number of nitrogens with zero attached hydrogens (tertiary/aromatic N) is 2. The average Bonchev–Trinajstić information content (AvgIpc) is 2.29. The van der Waals surface area contributed by atoms with E-state index >= 15 is 0 Å². The first-order valence-corrected chi connectivity index (χ1v) is 5.22. The van der Waals surface area contributed by atoms with Gasteiger partial charge in [0.2, 0.25) is 5.91 Å². The van der Waals surface area contributed by atoms with Crippen molar-refractivity contribution in [2.75, 3.05) is 13.6 Å². The van der Waals surface area contributed by atoms with E-state index < -0.39 is 0 Å². The first-order valence-electron chi connectivity index (χ1n) is 5.22. The van der Waals surface area contributed by atoms with Crippen LogP contribution in [0.4, 0.5) is 0 Å². The van der Waals surface area contributed by atoms with Gasteiger partial charge in [0.1, 0.15) is 6.29 Å². The number of hydrogen-bond acceptors (Lipinski definition) is 3. The molecule has 1 unspecified atom stereocenters. The topological polar surface area (TPSA) is 40.6 Å². The van der Waals surface area contributed by atoms with E-state index in [2.05, 4.69) is 27.7 Å². The molecule has 4 heteroatoms. The van der Waals surface area contributed by atoms with E-state index in [-0.39, 0.29) is 23.4 Å². The van der Waals surface area contributed by atoms with E-state index in [4.69, 9.17) is 0 Å². The van der Waals surface area contributed by atoms with Crippen LogP contribution in [0.25, 0.3) is 0 Å². The standard InChI is InChI=1S/C11H20N2O2/c1-10(2,3)11(4)8-9(15)13(6-7-14)12(11)5/h7H,6,8H2,1-5H3. The van der Waals surface area contributed by atoms with Crippen LogP contribution < -0.4 is 0 Å². The fourth-order valence-corrected chi connectivity index (χ4v) is 1.98. The number of rotatable bonds is 2. The number of aldehydes is 1. The molecule has 1 atom stereocenters. The van der Waals surface area contributed by atoms with Gasteiger partial charge in [-0.05, 0) is 12.3 Å². The molecule has 1 aliphatic rings. The van der Waals surface area contributed by atoms with E-state index in [9.17, 15) is 9.59 Å². The molecule has 0 spiro atoms. The Balaban J connectivity index is 2.99. The maximum atomic E-state index is 11.8. The highest BCUT2D eigenvalue weighted by Gasteiger charge is 2.51. The molecule has 0 saturated carbocycles. The number of hydrazine groups is 1. The number of carbonyl (C=O) groups excluding carboxylic acids is 2. The van der Waals surface area contributed by atoms with Gasteiger partial charge in [-0.2, -0.15) is 0 Å². The van der Waals surface area contributed by atoms with Gasteiger partial charge in [0.25, 0.3) is 0 Å². The largest absolute Gasteiger partial charge is 0.301 e. The van der Waals surface area contributed by atoms with Gasteiger partial charge in [0.05, 0.1) is 12.1 Å². The lowest BCUT2D eigenvalue weighted by Gasteiger charge is -2.44. The number of carbonyl (C=O) groups is 2. The van der Waals surface area contributed by atoms with Crippen LogP contribution >= 0.6 is 0 Å². The van der Waals surface area contributed by atoms with Gasteiger partial charge in [-0.1, -0.05) is 20.8 Å². The molecule has 1 aliphatic heterocycles. The zero-order valence-corrected chi connectivity index (χ0v) is 10.2. The van der Waals surface area contributed by atoms with Gasteiger partial charge in [-0.3, -0.25) is 9.80 Å². The number of hydrogen-bond donors (Lipinski definition) is 0. The molecule has 86 valence electrons. The van der Waals surface area contributed by atoms with Crippen LogP contribution in [0, 0.1) is 5.41 Å². The van der Waals surface area contributed by atoms with Crippen molar-refractivity contribution in [3.63, 3.8) is 0 Å². The van der Waals surface area contributed by atoms with Gasteiger partial charge in [0.15, 0.2) is 0 Å². The van der Waals surface area contributed by atoms with Crippen LogP contribution in [0.1, 0.15) is 34.1 Å². The minimum atomic E-state index is -0.215. The highest BCUT2D eigenvalue weighted by atomic mass is 16.2. The predicted molar refractivity (Wildman–Crippen MR) is 58.0 cm³/mol. The SMILES string of the molecule is CN1N(CC=O)C(=O)CC1(C)C(C)(C)C. The monoisotopic (exact) mass is 212 g/mol. The van der Waals surface area contributed by atoms with E-state index in [0.717, 1.165) is 6.29 Å². The van der Waals surface area contributed by atoms with Gasteiger partial charge < -0.3 is 4.79 Å². The molecule has 1 heterocycles. The highest BCUT2D eigenvalue weighted by Crippen LogP contribution is 2.42. The summed E-state index contributed by atoms with van der Waals surface area (Å²) in [7, 11) is 1.87. The summed E-state index contributed by atoms with van der Waals surface area (Å²) in [5.74, 6) is 0.0297. The lowest BCUT2D eigenvalue weighted by atomic mass is 9.73. The second-order valence-corrected chi connectivity index (χ2v) is 5.37. The summed E-state index contributed by atoms with van der Waals surface area (Å²) < 4.78 is 0. The molecule has 0 N–H and O–H groups in total. The molecule has 15 heavy (non-hydrogen) atoms. The van der Waals surface area contributed by atoms with Gasteiger partial charge >= 0.3 is 0 Å². The van der Waals surface area contributed by atoms with Gasteiger partial charge in [-0.25, -0.2) is 5.01 Å². The van der Waals surface area contributed by atoms with Crippen LogP contribution in [-0.2, 0) is 9.59 Å². The van der Waals surface area contributed by atoms with Crippen LogP contribution in [0.3, 0.4) is 0 Å². The molecule has 1 saturated heterocycles. The first-order chi connectivity index (χ1) is 6.74. The second-order valence-electron chi connectivity index (χ2n) is 5.37. The average molecular weight is 212 g/mol. The van der Waals surface area contributed by atoms with E-state index in [1.807, 2.05) is 12.1 Å². The second kappa shape index (κ2) is 3.59. The molecule has 0 bridgehead atoms. The normalized spacial score (nSPS) is 28.6. The van der Waals surface area contributed by atoms with Crippen molar-refractivity contribution in [3.8, 4) is 0 Å². The third-order valence-electron chi connectivity index (χ3n) is 3.72. The Morgan fingerprint density at radius 1 is 1.47 bits per heavy atom. The van der Waals surface area contributed by atoms with Crippen LogP contribution in [-0.4, -0.2) is 41.3 Å². The van der Waals surface area contributed by atoms with Crippen LogP contribution in [0.15, 0.2) is 0 Å². The zero-order valence-electron chi connectivity index (χ0n) is 10.2. The van der Waals surface area contributed by atoms with Crippen molar-refractivity contribution in [1.29, 1.82) is 0 Å². The molecule has 0 aliphatic carbocycles. The predicted octanol–water partition coefficient (Wildman–Crippen LogP) is 1.07. The third kappa shape index (κ3) is 1.78. The molecule has 0 aromatic heterocycles. The van der Waals surface area contributed by atoms with Crippen molar-refractivity contribution in [1.82, 2.24) is 10.0 Å². The summed E-state index contributed by atoms with van der Waals surface area (Å²) in [6.07, 6.45) is 1.24. The van der Waals surface area contributed by atoms with Crippen molar-refractivity contribution in [2.24, 2.45) is 5.41 Å². The Hall–Kier alpha value is -0.900. The van der Waals surface area contributed by atoms with E-state index in [0.29, 0.717) is 6.42 Å². The minimum absolute atomic E-state index is 0.00492. The Morgan fingerprint density at radius 2 is 2.00 bits per heavy atom. The van der Waals surface area contributed by atoms with Crippen LogP contribution in [0.5, 0.6) is 0 Å². The third-order valence-corrected chi connectivity index (χ3v) is 3.72. The molecule has 0 aromatic carbocycles.